The highest BCUT2D eigenvalue weighted by molar-refractivity contribution is 7.19. The number of fused-ring (bicyclic) bond motifs is 1. The fourth-order valence-corrected chi connectivity index (χ4v) is 3.72. The molecule has 1 aliphatic heterocycles. The van der Waals surface area contributed by atoms with Gasteiger partial charge in [-0.1, -0.05) is 18.2 Å². The zero-order valence-corrected chi connectivity index (χ0v) is 10.1. The van der Waals surface area contributed by atoms with E-state index in [2.05, 4.69) is 31.2 Å². The summed E-state index contributed by atoms with van der Waals surface area (Å²) in [5, 5.41) is 1.36. The van der Waals surface area contributed by atoms with Crippen LogP contribution in [-0.2, 0) is 10.2 Å². The normalized spacial score (nSPS) is 18.6. The Bertz CT molecular complexity index is 522. The summed E-state index contributed by atoms with van der Waals surface area (Å²) < 4.78 is 6.74. The van der Waals surface area contributed by atoms with Gasteiger partial charge in [-0.2, -0.15) is 0 Å². The van der Waals surface area contributed by atoms with Crippen molar-refractivity contribution in [3.63, 3.8) is 0 Å². The van der Waals surface area contributed by atoms with Gasteiger partial charge in [0, 0.05) is 16.1 Å². The summed E-state index contributed by atoms with van der Waals surface area (Å²) in [5.41, 5.74) is 7.44. The number of aryl methyl sites for hydroxylation is 1. The van der Waals surface area contributed by atoms with E-state index in [-0.39, 0.29) is 5.41 Å². The Balaban J connectivity index is 2.26. The summed E-state index contributed by atoms with van der Waals surface area (Å²) in [6.45, 7) is 4.40. The van der Waals surface area contributed by atoms with Crippen molar-refractivity contribution in [2.75, 3.05) is 19.8 Å². The monoisotopic (exact) mass is 233 g/mol. The van der Waals surface area contributed by atoms with Crippen LogP contribution < -0.4 is 5.73 Å². The fourth-order valence-electron chi connectivity index (χ4n) is 2.54. The molecule has 0 bridgehead atoms. The van der Waals surface area contributed by atoms with E-state index in [4.69, 9.17) is 10.5 Å². The lowest BCUT2D eigenvalue weighted by Gasteiger charge is -2.41. The molecule has 0 saturated carbocycles. The van der Waals surface area contributed by atoms with Crippen molar-refractivity contribution in [3.8, 4) is 0 Å². The molecule has 0 atom stereocenters. The van der Waals surface area contributed by atoms with E-state index in [0.29, 0.717) is 6.54 Å². The fraction of sp³-hybridized carbons (Fsp3) is 0.385. The second-order valence-corrected chi connectivity index (χ2v) is 5.76. The van der Waals surface area contributed by atoms with Crippen molar-refractivity contribution in [3.05, 3.63) is 34.7 Å². The van der Waals surface area contributed by atoms with Crippen molar-refractivity contribution >= 4 is 21.4 Å². The maximum Gasteiger partial charge on any atom is 0.0598 e. The minimum atomic E-state index is 0.0731. The third kappa shape index (κ3) is 1.25. The van der Waals surface area contributed by atoms with Crippen LogP contribution >= 0.6 is 11.3 Å². The minimum Gasteiger partial charge on any atom is -0.379 e. The van der Waals surface area contributed by atoms with Crippen LogP contribution in [-0.4, -0.2) is 19.8 Å². The summed E-state index contributed by atoms with van der Waals surface area (Å²) in [6, 6.07) is 8.57. The number of ether oxygens (including phenoxy) is 1. The average molecular weight is 233 g/mol. The Morgan fingerprint density at radius 2 is 2.12 bits per heavy atom. The third-order valence-corrected chi connectivity index (χ3v) is 4.54. The minimum absolute atomic E-state index is 0.0731. The first-order valence-electron chi connectivity index (χ1n) is 5.53. The van der Waals surface area contributed by atoms with Crippen LogP contribution in [0.1, 0.15) is 10.4 Å². The molecule has 0 unspecified atom stereocenters. The largest absolute Gasteiger partial charge is 0.379 e. The molecule has 84 valence electrons. The van der Waals surface area contributed by atoms with E-state index in [0.717, 1.165) is 13.2 Å². The predicted molar refractivity (Wildman–Crippen MR) is 68.1 cm³/mol. The number of hydrogen-bond donors (Lipinski definition) is 1. The lowest BCUT2D eigenvalue weighted by atomic mass is 9.77. The molecule has 1 fully saturated rings. The van der Waals surface area contributed by atoms with E-state index >= 15 is 0 Å². The van der Waals surface area contributed by atoms with Crippen LogP contribution in [0.4, 0.5) is 0 Å². The number of hydrogen-bond acceptors (Lipinski definition) is 3. The molecule has 1 aromatic heterocycles. The van der Waals surface area contributed by atoms with Gasteiger partial charge in [-0.3, -0.25) is 0 Å². The van der Waals surface area contributed by atoms with E-state index < -0.39 is 0 Å². The zero-order valence-electron chi connectivity index (χ0n) is 9.32. The number of rotatable bonds is 2. The highest BCUT2D eigenvalue weighted by atomic mass is 32.1. The van der Waals surface area contributed by atoms with Gasteiger partial charge in [-0.25, -0.2) is 0 Å². The van der Waals surface area contributed by atoms with Gasteiger partial charge in [-0.05, 0) is 23.9 Å². The van der Waals surface area contributed by atoms with Crippen LogP contribution in [0, 0.1) is 6.92 Å². The Labute approximate surface area is 99.0 Å². The molecule has 0 spiro atoms. The predicted octanol–water partition coefficient (Wildman–Crippen LogP) is 2.44. The van der Waals surface area contributed by atoms with Crippen LogP contribution in [0.25, 0.3) is 10.1 Å². The summed E-state index contributed by atoms with van der Waals surface area (Å²) in [5.74, 6) is 0. The molecule has 1 aromatic carbocycles. The Morgan fingerprint density at radius 3 is 2.75 bits per heavy atom. The molecule has 3 rings (SSSR count). The second-order valence-electron chi connectivity index (χ2n) is 4.51. The number of nitrogens with two attached hydrogens (primary N) is 1. The molecular formula is C13H15NOS. The lowest BCUT2D eigenvalue weighted by molar-refractivity contribution is -0.0543. The van der Waals surface area contributed by atoms with E-state index in [1.165, 1.54) is 20.5 Å². The van der Waals surface area contributed by atoms with Gasteiger partial charge in [0.1, 0.15) is 0 Å². The molecule has 2 aromatic rings. The van der Waals surface area contributed by atoms with E-state index in [9.17, 15) is 0 Å². The molecule has 0 radical (unpaired) electrons. The van der Waals surface area contributed by atoms with Gasteiger partial charge in [0.2, 0.25) is 0 Å². The molecule has 2 N–H and O–H groups in total. The molecule has 0 amide bonds. The van der Waals surface area contributed by atoms with Gasteiger partial charge < -0.3 is 10.5 Å². The maximum atomic E-state index is 5.94. The molecule has 2 heterocycles. The SMILES string of the molecule is Cc1sc2ccccc2c1C1(CN)COC1. The van der Waals surface area contributed by atoms with Crippen molar-refractivity contribution in [2.24, 2.45) is 5.73 Å². The van der Waals surface area contributed by atoms with Crippen LogP contribution in [0.2, 0.25) is 0 Å². The van der Waals surface area contributed by atoms with Crippen LogP contribution in [0.3, 0.4) is 0 Å². The van der Waals surface area contributed by atoms with Gasteiger partial charge in [0.05, 0.1) is 18.6 Å². The summed E-state index contributed by atoms with van der Waals surface area (Å²) >= 11 is 1.86. The molecular weight excluding hydrogens is 218 g/mol. The standard InChI is InChI=1S/C13H15NOS/c1-9-12(13(6-14)7-15-8-13)10-4-2-3-5-11(10)16-9/h2-5H,6-8,14H2,1H3. The molecule has 0 aliphatic carbocycles. The van der Waals surface area contributed by atoms with E-state index in [1.54, 1.807) is 0 Å². The first-order valence-corrected chi connectivity index (χ1v) is 6.35. The smallest absolute Gasteiger partial charge is 0.0598 e. The third-order valence-electron chi connectivity index (χ3n) is 3.45. The van der Waals surface area contributed by atoms with Crippen LogP contribution in [0.15, 0.2) is 24.3 Å². The first-order chi connectivity index (χ1) is 7.77. The quantitative estimate of drug-likeness (QED) is 0.864. The summed E-state index contributed by atoms with van der Waals surface area (Å²) in [6.07, 6.45) is 0. The molecule has 3 heteroatoms. The van der Waals surface area contributed by atoms with Gasteiger partial charge in [-0.15, -0.1) is 11.3 Å². The topological polar surface area (TPSA) is 35.2 Å². The Morgan fingerprint density at radius 1 is 1.38 bits per heavy atom. The Kier molecular flexibility index (Phi) is 2.28. The lowest BCUT2D eigenvalue weighted by Crippen LogP contribution is -2.52. The van der Waals surface area contributed by atoms with Crippen molar-refractivity contribution in [1.29, 1.82) is 0 Å². The van der Waals surface area contributed by atoms with Crippen molar-refractivity contribution in [1.82, 2.24) is 0 Å². The maximum absolute atomic E-state index is 5.94. The van der Waals surface area contributed by atoms with E-state index in [1.807, 2.05) is 11.3 Å². The zero-order chi connectivity index (χ0) is 11.2. The van der Waals surface area contributed by atoms with Gasteiger partial charge in [0.25, 0.3) is 0 Å². The van der Waals surface area contributed by atoms with Crippen molar-refractivity contribution < 1.29 is 4.74 Å². The van der Waals surface area contributed by atoms with Gasteiger partial charge in [0.15, 0.2) is 0 Å². The average Bonchev–Trinajstić information content (AvgIpc) is 2.56. The van der Waals surface area contributed by atoms with Crippen LogP contribution in [0.5, 0.6) is 0 Å². The second kappa shape index (κ2) is 3.55. The highest BCUT2D eigenvalue weighted by Crippen LogP contribution is 2.42. The Hall–Kier alpha value is -0.900. The highest BCUT2D eigenvalue weighted by Gasteiger charge is 2.41. The summed E-state index contributed by atoms with van der Waals surface area (Å²) in [4.78, 5) is 1.38. The molecule has 1 aliphatic rings. The summed E-state index contributed by atoms with van der Waals surface area (Å²) in [7, 11) is 0. The molecule has 2 nitrogen and oxygen atoms in total. The van der Waals surface area contributed by atoms with Gasteiger partial charge >= 0.3 is 0 Å². The first kappa shape index (κ1) is 10.3. The number of thiophene rings is 1. The molecule has 1 saturated heterocycles. The molecule has 16 heavy (non-hydrogen) atoms. The van der Waals surface area contributed by atoms with Crippen molar-refractivity contribution in [2.45, 2.75) is 12.3 Å². The number of benzene rings is 1.